The first-order chi connectivity index (χ1) is 10.2. The quantitative estimate of drug-likeness (QED) is 0.885. The number of aryl methyl sites for hydroxylation is 1. The summed E-state index contributed by atoms with van der Waals surface area (Å²) in [5, 5.41) is 3.36. The normalized spacial score (nSPS) is 24.0. The molecule has 1 fully saturated rings. The smallest absolute Gasteiger partial charge is 0.123 e. The first kappa shape index (κ1) is 16.4. The molecule has 1 saturated heterocycles. The minimum atomic E-state index is -0.128. The molecule has 1 aliphatic rings. The molecule has 21 heavy (non-hydrogen) atoms. The fourth-order valence-corrected chi connectivity index (χ4v) is 3.75. The van der Waals surface area contributed by atoms with E-state index in [2.05, 4.69) is 17.1 Å². The number of benzene rings is 1. The van der Waals surface area contributed by atoms with Crippen LogP contribution in [0, 0.1) is 18.7 Å². The van der Waals surface area contributed by atoms with Crippen LogP contribution in [0.5, 0.6) is 0 Å². The van der Waals surface area contributed by atoms with Crippen LogP contribution in [0.3, 0.4) is 0 Å². The zero-order chi connectivity index (χ0) is 15.2. The van der Waals surface area contributed by atoms with Gasteiger partial charge < -0.3 is 5.32 Å². The van der Waals surface area contributed by atoms with Crippen LogP contribution in [0.1, 0.15) is 49.8 Å². The second-order valence-corrected chi connectivity index (χ2v) is 6.30. The van der Waals surface area contributed by atoms with Crippen LogP contribution in [0.4, 0.5) is 4.39 Å². The van der Waals surface area contributed by atoms with Gasteiger partial charge in [0.25, 0.3) is 0 Å². The van der Waals surface area contributed by atoms with Crippen molar-refractivity contribution in [3.63, 3.8) is 0 Å². The predicted molar refractivity (Wildman–Crippen MR) is 87.0 cm³/mol. The van der Waals surface area contributed by atoms with E-state index < -0.39 is 0 Å². The number of nitrogens with one attached hydrogen (secondary N) is 1. The maximum absolute atomic E-state index is 13.5. The van der Waals surface area contributed by atoms with Crippen molar-refractivity contribution in [1.29, 1.82) is 0 Å². The van der Waals surface area contributed by atoms with Gasteiger partial charge in [-0.2, -0.15) is 0 Å². The van der Waals surface area contributed by atoms with E-state index in [1.165, 1.54) is 31.2 Å². The Hall–Kier alpha value is -0.930. The van der Waals surface area contributed by atoms with Gasteiger partial charge in [0, 0.05) is 6.04 Å². The van der Waals surface area contributed by atoms with Gasteiger partial charge in [-0.15, -0.1) is 0 Å². The fraction of sp³-hybridized carbons (Fsp3) is 0.667. The zero-order valence-corrected chi connectivity index (χ0v) is 13.7. The van der Waals surface area contributed by atoms with Crippen LogP contribution in [0.15, 0.2) is 18.2 Å². The highest BCUT2D eigenvalue weighted by atomic mass is 19.1. The summed E-state index contributed by atoms with van der Waals surface area (Å²) in [5.74, 6) is 0.477. The molecule has 2 atom stereocenters. The van der Waals surface area contributed by atoms with Crippen LogP contribution in [-0.4, -0.2) is 31.6 Å². The second-order valence-electron chi connectivity index (χ2n) is 6.30. The standard InChI is InChI=1S/C18H29FN2/c1-4-10-21-11-6-5-7-15(13-20-3)18(21)17-9-8-16(19)12-14(17)2/h8-9,12,15,18,20H,4-7,10-11,13H2,1-3H3. The third-order valence-corrected chi connectivity index (χ3v) is 4.64. The van der Waals surface area contributed by atoms with Crippen molar-refractivity contribution in [2.24, 2.45) is 5.92 Å². The van der Waals surface area contributed by atoms with Crippen molar-refractivity contribution >= 4 is 0 Å². The van der Waals surface area contributed by atoms with E-state index in [0.717, 1.165) is 25.2 Å². The minimum Gasteiger partial charge on any atom is -0.319 e. The van der Waals surface area contributed by atoms with Gasteiger partial charge >= 0.3 is 0 Å². The van der Waals surface area contributed by atoms with Crippen molar-refractivity contribution in [2.75, 3.05) is 26.7 Å². The first-order valence-electron chi connectivity index (χ1n) is 8.32. The molecular weight excluding hydrogens is 263 g/mol. The summed E-state index contributed by atoms with van der Waals surface area (Å²) >= 11 is 0. The van der Waals surface area contributed by atoms with Gasteiger partial charge in [-0.25, -0.2) is 4.39 Å². The van der Waals surface area contributed by atoms with E-state index in [9.17, 15) is 4.39 Å². The number of likely N-dealkylation sites (tertiary alicyclic amines) is 1. The van der Waals surface area contributed by atoms with Gasteiger partial charge in [0.05, 0.1) is 0 Å². The molecule has 0 amide bonds. The van der Waals surface area contributed by atoms with Crippen molar-refractivity contribution in [3.8, 4) is 0 Å². The topological polar surface area (TPSA) is 15.3 Å². The zero-order valence-electron chi connectivity index (χ0n) is 13.7. The Morgan fingerprint density at radius 3 is 2.81 bits per heavy atom. The summed E-state index contributed by atoms with van der Waals surface area (Å²) in [4.78, 5) is 2.62. The van der Waals surface area contributed by atoms with Crippen molar-refractivity contribution in [2.45, 2.75) is 45.6 Å². The highest BCUT2D eigenvalue weighted by molar-refractivity contribution is 5.30. The number of halogens is 1. The molecule has 1 heterocycles. The summed E-state index contributed by atoms with van der Waals surface area (Å²) in [5.41, 5.74) is 2.40. The fourth-order valence-electron chi connectivity index (χ4n) is 3.75. The van der Waals surface area contributed by atoms with E-state index in [1.54, 1.807) is 12.1 Å². The molecule has 2 nitrogen and oxygen atoms in total. The lowest BCUT2D eigenvalue weighted by Gasteiger charge is -2.36. The first-order valence-corrected chi connectivity index (χ1v) is 8.32. The third-order valence-electron chi connectivity index (χ3n) is 4.64. The van der Waals surface area contributed by atoms with Crippen LogP contribution in [0.2, 0.25) is 0 Å². The van der Waals surface area contributed by atoms with E-state index in [-0.39, 0.29) is 5.82 Å². The SMILES string of the molecule is CCCN1CCCCC(CNC)C1c1ccc(F)cc1C. The molecule has 0 aliphatic carbocycles. The van der Waals surface area contributed by atoms with Gasteiger partial charge in [0.1, 0.15) is 5.82 Å². The Kier molecular flexibility index (Phi) is 6.19. The maximum Gasteiger partial charge on any atom is 0.123 e. The third kappa shape index (κ3) is 4.04. The Morgan fingerprint density at radius 2 is 2.14 bits per heavy atom. The van der Waals surface area contributed by atoms with Gasteiger partial charge in [0.15, 0.2) is 0 Å². The number of rotatable bonds is 5. The Bertz CT molecular complexity index is 431. The predicted octanol–water partition coefficient (Wildman–Crippen LogP) is 3.91. The molecule has 1 aliphatic heterocycles. The number of hydrogen-bond acceptors (Lipinski definition) is 2. The van der Waals surface area contributed by atoms with Gasteiger partial charge in [-0.1, -0.05) is 19.4 Å². The number of hydrogen-bond donors (Lipinski definition) is 1. The molecule has 0 radical (unpaired) electrons. The summed E-state index contributed by atoms with van der Waals surface area (Å²) < 4.78 is 13.5. The van der Waals surface area contributed by atoms with E-state index >= 15 is 0 Å². The van der Waals surface area contributed by atoms with Gasteiger partial charge in [-0.05, 0) is 82.0 Å². The van der Waals surface area contributed by atoms with E-state index in [0.29, 0.717) is 12.0 Å². The highest BCUT2D eigenvalue weighted by Gasteiger charge is 2.31. The Labute approximate surface area is 128 Å². The largest absolute Gasteiger partial charge is 0.319 e. The van der Waals surface area contributed by atoms with Crippen LogP contribution < -0.4 is 5.32 Å². The molecule has 118 valence electrons. The van der Waals surface area contributed by atoms with E-state index in [4.69, 9.17) is 0 Å². The lowest BCUT2D eigenvalue weighted by Crippen LogP contribution is -2.37. The summed E-state index contributed by atoms with van der Waals surface area (Å²) in [7, 11) is 2.03. The molecule has 0 saturated carbocycles. The van der Waals surface area contributed by atoms with Gasteiger partial charge in [-0.3, -0.25) is 4.90 Å². The Morgan fingerprint density at radius 1 is 1.33 bits per heavy atom. The van der Waals surface area contributed by atoms with Gasteiger partial charge in [0.2, 0.25) is 0 Å². The number of nitrogens with zero attached hydrogens (tertiary/aromatic N) is 1. The molecule has 0 aromatic heterocycles. The molecule has 2 unspecified atom stereocenters. The minimum absolute atomic E-state index is 0.128. The molecule has 1 N–H and O–H groups in total. The lowest BCUT2D eigenvalue weighted by molar-refractivity contribution is 0.154. The maximum atomic E-state index is 13.5. The van der Waals surface area contributed by atoms with Crippen LogP contribution in [0.25, 0.3) is 0 Å². The average molecular weight is 292 g/mol. The molecule has 0 spiro atoms. The molecule has 1 aromatic carbocycles. The second kappa shape index (κ2) is 7.90. The van der Waals surface area contributed by atoms with Crippen LogP contribution in [-0.2, 0) is 0 Å². The van der Waals surface area contributed by atoms with Crippen molar-refractivity contribution in [3.05, 3.63) is 35.1 Å². The van der Waals surface area contributed by atoms with Crippen molar-refractivity contribution in [1.82, 2.24) is 10.2 Å². The molecule has 2 rings (SSSR count). The molecule has 0 bridgehead atoms. The van der Waals surface area contributed by atoms with Crippen molar-refractivity contribution < 1.29 is 4.39 Å². The monoisotopic (exact) mass is 292 g/mol. The van der Waals surface area contributed by atoms with Crippen LogP contribution >= 0.6 is 0 Å². The summed E-state index contributed by atoms with van der Waals surface area (Å²) in [6.07, 6.45) is 4.99. The Balaban J connectivity index is 2.37. The molecule has 3 heteroatoms. The summed E-state index contributed by atoms with van der Waals surface area (Å²) in [6.45, 7) is 7.61. The van der Waals surface area contributed by atoms with E-state index in [1.807, 2.05) is 20.0 Å². The highest BCUT2D eigenvalue weighted by Crippen LogP contribution is 2.36. The average Bonchev–Trinajstić information content (AvgIpc) is 2.63. The summed E-state index contributed by atoms with van der Waals surface area (Å²) in [6, 6.07) is 5.72. The molecular formula is C18H29FN2. The lowest BCUT2D eigenvalue weighted by atomic mass is 9.87. The molecule has 1 aromatic rings.